The normalized spacial score (nSPS) is 12.3. The maximum absolute atomic E-state index is 9.50. The zero-order valence-corrected chi connectivity index (χ0v) is 9.15. The van der Waals surface area contributed by atoms with Crippen molar-refractivity contribution >= 4 is 0 Å². The molecule has 0 saturated carbocycles. The molecule has 0 aliphatic heterocycles. The number of rotatable bonds is 4. The molecule has 1 aromatic rings. The average Bonchev–Trinajstić information content (AvgIpc) is 2.28. The summed E-state index contributed by atoms with van der Waals surface area (Å²) in [6.45, 7) is 1.54. The van der Waals surface area contributed by atoms with Gasteiger partial charge in [-0.3, -0.25) is 0 Å². The summed E-state index contributed by atoms with van der Waals surface area (Å²) in [5.41, 5.74) is 1.45. The molecule has 0 amide bonds. The summed E-state index contributed by atoms with van der Waals surface area (Å²) in [4.78, 5) is 0. The molecule has 0 saturated heterocycles. The highest BCUT2D eigenvalue weighted by molar-refractivity contribution is 5.47. The first-order valence-electron chi connectivity index (χ1n) is 4.65. The Hall–Kier alpha value is -1.26. The Balaban J connectivity index is 3.20. The maximum atomic E-state index is 9.50. The average molecular weight is 212 g/mol. The predicted molar refractivity (Wildman–Crippen MR) is 56.3 cm³/mol. The van der Waals surface area contributed by atoms with E-state index < -0.39 is 6.10 Å². The quantitative estimate of drug-likeness (QED) is 0.782. The van der Waals surface area contributed by atoms with Gasteiger partial charge in [-0.05, 0) is 24.6 Å². The molecule has 0 bridgehead atoms. The third-order valence-corrected chi connectivity index (χ3v) is 2.33. The summed E-state index contributed by atoms with van der Waals surface area (Å²) in [6, 6.07) is 3.39. The fourth-order valence-electron chi connectivity index (χ4n) is 1.40. The van der Waals surface area contributed by atoms with Gasteiger partial charge in [0.2, 0.25) is 0 Å². The van der Waals surface area contributed by atoms with Crippen LogP contribution in [0.3, 0.4) is 0 Å². The Labute approximate surface area is 89.1 Å². The van der Waals surface area contributed by atoms with E-state index in [1.165, 1.54) is 0 Å². The molecular formula is C11H16O4. The van der Waals surface area contributed by atoms with E-state index in [2.05, 4.69) is 0 Å². The maximum Gasteiger partial charge on any atom is 0.125 e. The van der Waals surface area contributed by atoms with Gasteiger partial charge in [-0.15, -0.1) is 0 Å². The summed E-state index contributed by atoms with van der Waals surface area (Å²) in [5, 5.41) is 18.4. The van der Waals surface area contributed by atoms with E-state index in [0.717, 1.165) is 5.56 Å². The fraction of sp³-hybridized carbons (Fsp3) is 0.455. The molecule has 0 aliphatic carbocycles. The molecule has 0 spiro atoms. The van der Waals surface area contributed by atoms with Crippen LogP contribution >= 0.6 is 0 Å². The van der Waals surface area contributed by atoms with Gasteiger partial charge in [-0.25, -0.2) is 0 Å². The van der Waals surface area contributed by atoms with Gasteiger partial charge in [-0.1, -0.05) is 0 Å². The van der Waals surface area contributed by atoms with E-state index >= 15 is 0 Å². The Morgan fingerprint density at radius 2 is 1.67 bits per heavy atom. The third kappa shape index (κ3) is 2.40. The van der Waals surface area contributed by atoms with Gasteiger partial charge < -0.3 is 19.7 Å². The van der Waals surface area contributed by atoms with Crippen LogP contribution in [-0.4, -0.2) is 31.0 Å². The molecule has 15 heavy (non-hydrogen) atoms. The molecule has 1 rings (SSSR count). The molecule has 1 unspecified atom stereocenters. The number of hydrogen-bond acceptors (Lipinski definition) is 4. The smallest absolute Gasteiger partial charge is 0.125 e. The number of aliphatic hydroxyl groups is 2. The molecule has 4 heteroatoms. The fourth-order valence-corrected chi connectivity index (χ4v) is 1.40. The van der Waals surface area contributed by atoms with Crippen molar-refractivity contribution in [1.82, 2.24) is 0 Å². The second-order valence-corrected chi connectivity index (χ2v) is 3.25. The van der Waals surface area contributed by atoms with Crippen LogP contribution in [0.5, 0.6) is 11.5 Å². The molecule has 1 atom stereocenters. The molecule has 0 aliphatic rings. The third-order valence-electron chi connectivity index (χ3n) is 2.33. The van der Waals surface area contributed by atoms with E-state index in [0.29, 0.717) is 17.1 Å². The highest BCUT2D eigenvalue weighted by atomic mass is 16.5. The lowest BCUT2D eigenvalue weighted by Crippen LogP contribution is -2.04. The zero-order chi connectivity index (χ0) is 11.4. The number of benzene rings is 1. The lowest BCUT2D eigenvalue weighted by Gasteiger charge is -2.14. The molecule has 0 aromatic heterocycles. The largest absolute Gasteiger partial charge is 0.496 e. The monoisotopic (exact) mass is 212 g/mol. The van der Waals surface area contributed by atoms with Crippen LogP contribution < -0.4 is 9.47 Å². The summed E-state index contributed by atoms with van der Waals surface area (Å²) in [7, 11) is 3.10. The number of methoxy groups -OCH3 is 2. The molecule has 4 nitrogen and oxygen atoms in total. The van der Waals surface area contributed by atoms with Crippen molar-refractivity contribution in [1.29, 1.82) is 0 Å². The molecule has 84 valence electrons. The topological polar surface area (TPSA) is 58.9 Å². The van der Waals surface area contributed by atoms with E-state index in [-0.39, 0.29) is 6.61 Å². The van der Waals surface area contributed by atoms with Crippen molar-refractivity contribution in [2.24, 2.45) is 0 Å². The van der Waals surface area contributed by atoms with Crippen LogP contribution in [-0.2, 0) is 0 Å². The van der Waals surface area contributed by atoms with Crippen molar-refractivity contribution in [2.75, 3.05) is 20.8 Å². The molecule has 2 N–H and O–H groups in total. The van der Waals surface area contributed by atoms with Gasteiger partial charge in [0.1, 0.15) is 17.6 Å². The highest BCUT2D eigenvalue weighted by Crippen LogP contribution is 2.31. The first-order chi connectivity index (χ1) is 7.13. The van der Waals surface area contributed by atoms with Crippen LogP contribution in [0, 0.1) is 6.92 Å². The zero-order valence-electron chi connectivity index (χ0n) is 9.15. The van der Waals surface area contributed by atoms with Crippen LogP contribution in [0.15, 0.2) is 12.1 Å². The molecule has 1 aromatic carbocycles. The molecule has 0 fully saturated rings. The molecule has 0 radical (unpaired) electrons. The molecule has 0 heterocycles. The minimum absolute atomic E-state index is 0.324. The van der Waals surface area contributed by atoms with Gasteiger partial charge in [0, 0.05) is 5.56 Å². The summed E-state index contributed by atoms with van der Waals surface area (Å²) in [6.07, 6.45) is -0.909. The lowest BCUT2D eigenvalue weighted by molar-refractivity contribution is 0.0952. The standard InChI is InChI=1S/C11H16O4/c1-7-10(14-2)4-8(9(13)6-12)5-11(7)15-3/h4-5,9,12-13H,6H2,1-3H3. The van der Waals surface area contributed by atoms with Gasteiger partial charge in [-0.2, -0.15) is 0 Å². The van der Waals surface area contributed by atoms with E-state index in [9.17, 15) is 5.11 Å². The minimum atomic E-state index is -0.909. The van der Waals surface area contributed by atoms with Gasteiger partial charge in [0.25, 0.3) is 0 Å². The number of aliphatic hydroxyl groups excluding tert-OH is 2. The van der Waals surface area contributed by atoms with Gasteiger partial charge in [0.15, 0.2) is 0 Å². The number of hydrogen-bond donors (Lipinski definition) is 2. The Morgan fingerprint density at radius 1 is 1.20 bits per heavy atom. The highest BCUT2D eigenvalue weighted by Gasteiger charge is 2.13. The van der Waals surface area contributed by atoms with E-state index in [4.69, 9.17) is 14.6 Å². The van der Waals surface area contributed by atoms with Crippen molar-refractivity contribution in [3.05, 3.63) is 23.3 Å². The van der Waals surface area contributed by atoms with Crippen LogP contribution in [0.25, 0.3) is 0 Å². The second-order valence-electron chi connectivity index (χ2n) is 3.25. The predicted octanol–water partition coefficient (Wildman–Crippen LogP) is 1.04. The van der Waals surface area contributed by atoms with Crippen LogP contribution in [0.2, 0.25) is 0 Å². The number of ether oxygens (including phenoxy) is 2. The SMILES string of the molecule is COc1cc(C(O)CO)cc(OC)c1C. The van der Waals surface area contributed by atoms with Crippen LogP contribution in [0.1, 0.15) is 17.2 Å². The van der Waals surface area contributed by atoms with Crippen molar-refractivity contribution < 1.29 is 19.7 Å². The first kappa shape index (κ1) is 11.8. The Bertz CT molecular complexity index is 310. The minimum Gasteiger partial charge on any atom is -0.496 e. The first-order valence-corrected chi connectivity index (χ1v) is 4.65. The summed E-state index contributed by atoms with van der Waals surface area (Å²) >= 11 is 0. The van der Waals surface area contributed by atoms with E-state index in [1.54, 1.807) is 26.4 Å². The van der Waals surface area contributed by atoms with Crippen molar-refractivity contribution in [2.45, 2.75) is 13.0 Å². The Morgan fingerprint density at radius 3 is 2.00 bits per heavy atom. The summed E-state index contributed by atoms with van der Waals surface area (Å²) < 4.78 is 10.3. The summed E-state index contributed by atoms with van der Waals surface area (Å²) in [5.74, 6) is 1.27. The lowest BCUT2D eigenvalue weighted by atomic mass is 10.1. The van der Waals surface area contributed by atoms with Crippen LogP contribution in [0.4, 0.5) is 0 Å². The molecular weight excluding hydrogens is 196 g/mol. The Kier molecular flexibility index (Phi) is 3.94. The second kappa shape index (κ2) is 5.00. The van der Waals surface area contributed by atoms with E-state index in [1.807, 2.05) is 6.92 Å². The van der Waals surface area contributed by atoms with Crippen molar-refractivity contribution in [3.63, 3.8) is 0 Å². The van der Waals surface area contributed by atoms with Crippen molar-refractivity contribution in [3.8, 4) is 11.5 Å². The van der Waals surface area contributed by atoms with Gasteiger partial charge in [0.05, 0.1) is 20.8 Å². The van der Waals surface area contributed by atoms with Gasteiger partial charge >= 0.3 is 0 Å².